The number of hydrogen-bond acceptors (Lipinski definition) is 2. The highest BCUT2D eigenvalue weighted by molar-refractivity contribution is 5.93. The number of piperidine rings is 1. The van der Waals surface area contributed by atoms with Crippen molar-refractivity contribution in [1.29, 1.82) is 0 Å². The lowest BCUT2D eigenvalue weighted by atomic mass is 9.95. The molecule has 1 aliphatic heterocycles. The van der Waals surface area contributed by atoms with Crippen LogP contribution in [0, 0.1) is 19.8 Å². The predicted molar refractivity (Wildman–Crippen MR) is 104 cm³/mol. The third-order valence-electron chi connectivity index (χ3n) is 5.10. The summed E-state index contributed by atoms with van der Waals surface area (Å²) >= 11 is 0. The molecule has 2 aromatic rings. The Morgan fingerprint density at radius 2 is 1.65 bits per heavy atom. The second-order valence-electron chi connectivity index (χ2n) is 7.12. The largest absolute Gasteiger partial charge is 0.342 e. The second-order valence-corrected chi connectivity index (χ2v) is 7.12. The van der Waals surface area contributed by atoms with Crippen molar-refractivity contribution >= 4 is 17.5 Å². The molecule has 0 radical (unpaired) electrons. The number of benzene rings is 2. The van der Waals surface area contributed by atoms with Gasteiger partial charge in [0.15, 0.2) is 0 Å². The molecule has 1 fully saturated rings. The summed E-state index contributed by atoms with van der Waals surface area (Å²) in [6.07, 6.45) is 1.87. The third kappa shape index (κ3) is 4.51. The summed E-state index contributed by atoms with van der Waals surface area (Å²) in [6.45, 7) is 5.33. The monoisotopic (exact) mass is 350 g/mol. The van der Waals surface area contributed by atoms with E-state index >= 15 is 0 Å². The fourth-order valence-corrected chi connectivity index (χ4v) is 3.33. The average molecular weight is 350 g/mol. The van der Waals surface area contributed by atoms with Gasteiger partial charge in [-0.05, 0) is 43.9 Å². The molecule has 1 aliphatic rings. The van der Waals surface area contributed by atoms with E-state index in [0.717, 1.165) is 29.7 Å². The van der Waals surface area contributed by atoms with Gasteiger partial charge in [-0.3, -0.25) is 9.59 Å². The molecule has 0 unspecified atom stereocenters. The molecule has 2 amide bonds. The number of aryl methyl sites for hydroxylation is 2. The molecule has 136 valence electrons. The van der Waals surface area contributed by atoms with Crippen LogP contribution in [0.3, 0.4) is 0 Å². The summed E-state index contributed by atoms with van der Waals surface area (Å²) in [5.41, 5.74) is 4.17. The molecule has 1 N–H and O–H groups in total. The molecule has 0 aliphatic carbocycles. The van der Waals surface area contributed by atoms with Crippen LogP contribution < -0.4 is 5.32 Å². The number of para-hydroxylation sites is 1. The molecule has 26 heavy (non-hydrogen) atoms. The summed E-state index contributed by atoms with van der Waals surface area (Å²) in [4.78, 5) is 26.9. The van der Waals surface area contributed by atoms with Crippen molar-refractivity contribution in [2.75, 3.05) is 18.4 Å². The van der Waals surface area contributed by atoms with Gasteiger partial charge in [-0.25, -0.2) is 0 Å². The highest BCUT2D eigenvalue weighted by atomic mass is 16.2. The maximum Gasteiger partial charge on any atom is 0.227 e. The first-order valence-electron chi connectivity index (χ1n) is 9.23. The first kappa shape index (κ1) is 18.2. The minimum atomic E-state index is -0.0296. The third-order valence-corrected chi connectivity index (χ3v) is 5.10. The number of amides is 2. The van der Waals surface area contributed by atoms with Crippen LogP contribution in [-0.2, 0) is 16.0 Å². The summed E-state index contributed by atoms with van der Waals surface area (Å²) in [5, 5.41) is 3.03. The molecule has 0 saturated carbocycles. The molecule has 4 heteroatoms. The van der Waals surface area contributed by atoms with Gasteiger partial charge in [0.25, 0.3) is 0 Å². The van der Waals surface area contributed by atoms with Crippen LogP contribution in [0.25, 0.3) is 0 Å². The normalized spacial score (nSPS) is 14.9. The van der Waals surface area contributed by atoms with Gasteiger partial charge in [0.1, 0.15) is 0 Å². The van der Waals surface area contributed by atoms with E-state index in [9.17, 15) is 9.59 Å². The predicted octanol–water partition coefficient (Wildman–Crippen LogP) is 3.72. The molecule has 0 atom stereocenters. The lowest BCUT2D eigenvalue weighted by Crippen LogP contribution is -2.42. The molecular weight excluding hydrogens is 324 g/mol. The minimum absolute atomic E-state index is 0.0296. The minimum Gasteiger partial charge on any atom is -0.342 e. The number of anilines is 1. The van der Waals surface area contributed by atoms with E-state index in [1.54, 1.807) is 0 Å². The highest BCUT2D eigenvalue weighted by Gasteiger charge is 2.27. The van der Waals surface area contributed by atoms with E-state index in [-0.39, 0.29) is 17.7 Å². The van der Waals surface area contributed by atoms with Crippen molar-refractivity contribution in [3.8, 4) is 0 Å². The summed E-state index contributed by atoms with van der Waals surface area (Å²) in [7, 11) is 0. The van der Waals surface area contributed by atoms with Gasteiger partial charge in [-0.1, -0.05) is 48.0 Å². The molecule has 0 spiro atoms. The molecule has 0 aromatic heterocycles. The number of nitrogens with zero attached hydrogens (tertiary/aromatic N) is 1. The van der Waals surface area contributed by atoms with Gasteiger partial charge in [-0.15, -0.1) is 0 Å². The van der Waals surface area contributed by atoms with Gasteiger partial charge in [0.2, 0.25) is 11.8 Å². The van der Waals surface area contributed by atoms with Crippen molar-refractivity contribution in [2.24, 2.45) is 5.92 Å². The highest BCUT2D eigenvalue weighted by Crippen LogP contribution is 2.21. The molecule has 0 bridgehead atoms. The van der Waals surface area contributed by atoms with E-state index < -0.39 is 0 Å². The van der Waals surface area contributed by atoms with E-state index in [1.165, 1.54) is 5.56 Å². The van der Waals surface area contributed by atoms with Crippen LogP contribution >= 0.6 is 0 Å². The van der Waals surface area contributed by atoms with Gasteiger partial charge in [0.05, 0.1) is 6.42 Å². The molecule has 1 saturated heterocycles. The first-order chi connectivity index (χ1) is 12.5. The fourth-order valence-electron chi connectivity index (χ4n) is 3.33. The van der Waals surface area contributed by atoms with Crippen molar-refractivity contribution < 1.29 is 9.59 Å². The lowest BCUT2D eigenvalue weighted by molar-refractivity contribution is -0.133. The number of carbonyl (C=O) groups excluding carboxylic acids is 2. The molecule has 3 rings (SSSR count). The Bertz CT molecular complexity index is 775. The Morgan fingerprint density at radius 1 is 1.00 bits per heavy atom. The van der Waals surface area contributed by atoms with E-state index in [4.69, 9.17) is 0 Å². The van der Waals surface area contributed by atoms with Crippen molar-refractivity contribution in [2.45, 2.75) is 33.1 Å². The van der Waals surface area contributed by atoms with Crippen LogP contribution in [-0.4, -0.2) is 29.8 Å². The number of hydrogen-bond donors (Lipinski definition) is 1. The first-order valence-corrected chi connectivity index (χ1v) is 9.23. The van der Waals surface area contributed by atoms with E-state index in [2.05, 4.69) is 5.32 Å². The molecule has 4 nitrogen and oxygen atoms in total. The summed E-state index contributed by atoms with van der Waals surface area (Å²) < 4.78 is 0. The molecule has 1 heterocycles. The van der Waals surface area contributed by atoms with Crippen molar-refractivity contribution in [1.82, 2.24) is 4.90 Å². The number of carbonyl (C=O) groups is 2. The lowest BCUT2D eigenvalue weighted by Gasteiger charge is -2.31. The number of nitrogens with one attached hydrogen (secondary N) is 1. The van der Waals surface area contributed by atoms with Crippen molar-refractivity contribution in [3.05, 3.63) is 65.2 Å². The molecule has 2 aromatic carbocycles. The van der Waals surface area contributed by atoms with Crippen LogP contribution in [0.1, 0.15) is 29.5 Å². The Labute approximate surface area is 155 Å². The zero-order chi connectivity index (χ0) is 18.5. The topological polar surface area (TPSA) is 49.4 Å². The number of rotatable bonds is 4. The van der Waals surface area contributed by atoms with Gasteiger partial charge in [0, 0.05) is 24.7 Å². The molecular formula is C22H26N2O2. The van der Waals surface area contributed by atoms with Gasteiger partial charge < -0.3 is 10.2 Å². The van der Waals surface area contributed by atoms with E-state index in [0.29, 0.717) is 19.5 Å². The quantitative estimate of drug-likeness (QED) is 0.913. The van der Waals surface area contributed by atoms with Crippen LogP contribution in [0.15, 0.2) is 48.5 Å². The van der Waals surface area contributed by atoms with Gasteiger partial charge >= 0.3 is 0 Å². The van der Waals surface area contributed by atoms with Crippen LogP contribution in [0.2, 0.25) is 0 Å². The maximum absolute atomic E-state index is 12.5. The standard InChI is InChI=1S/C22H26N2O2/c1-16-7-9-18(10-8-16)15-21(25)24-13-11-19(12-14-24)22(26)23-20-6-4-3-5-17(20)2/h3-10,19H,11-15H2,1-2H3,(H,23,26). The van der Waals surface area contributed by atoms with Crippen LogP contribution in [0.4, 0.5) is 5.69 Å². The summed E-state index contributed by atoms with van der Waals surface area (Å²) in [6, 6.07) is 15.9. The Morgan fingerprint density at radius 3 is 2.31 bits per heavy atom. The fraction of sp³-hybridized carbons (Fsp3) is 0.364. The number of likely N-dealkylation sites (tertiary alicyclic amines) is 1. The van der Waals surface area contributed by atoms with Gasteiger partial charge in [-0.2, -0.15) is 0 Å². The average Bonchev–Trinajstić information content (AvgIpc) is 2.65. The van der Waals surface area contributed by atoms with Crippen molar-refractivity contribution in [3.63, 3.8) is 0 Å². The van der Waals surface area contributed by atoms with E-state index in [1.807, 2.05) is 67.3 Å². The van der Waals surface area contributed by atoms with Crippen LogP contribution in [0.5, 0.6) is 0 Å². The SMILES string of the molecule is Cc1ccc(CC(=O)N2CCC(C(=O)Nc3ccccc3C)CC2)cc1. The second kappa shape index (κ2) is 8.17. The smallest absolute Gasteiger partial charge is 0.227 e. The Balaban J connectivity index is 1.50. The Kier molecular flexibility index (Phi) is 5.71. The zero-order valence-corrected chi connectivity index (χ0v) is 15.5. The summed E-state index contributed by atoms with van der Waals surface area (Å²) in [5.74, 6) is 0.176. The maximum atomic E-state index is 12.5. The zero-order valence-electron chi connectivity index (χ0n) is 15.5. The Hall–Kier alpha value is -2.62.